The van der Waals surface area contributed by atoms with Gasteiger partial charge in [-0.05, 0) is 58.7 Å². The van der Waals surface area contributed by atoms with E-state index >= 15 is 0 Å². The summed E-state index contributed by atoms with van der Waals surface area (Å²) < 4.78 is 5.53. The number of ketones is 1. The van der Waals surface area contributed by atoms with Gasteiger partial charge in [-0.15, -0.1) is 0 Å². The number of Topliss-reactive ketones (excluding diaryl/α,β-unsaturated/α-hetero) is 1. The maximum Gasteiger partial charge on any atom is 0.216 e. The third-order valence-electron chi connectivity index (χ3n) is 4.11. The van der Waals surface area contributed by atoms with Crippen LogP contribution >= 0.6 is 0 Å². The van der Waals surface area contributed by atoms with Crippen LogP contribution in [0.4, 0.5) is 0 Å². The van der Waals surface area contributed by atoms with Gasteiger partial charge in [-0.1, -0.05) is 12.8 Å². The van der Waals surface area contributed by atoms with Gasteiger partial charge in [-0.25, -0.2) is 0 Å². The molecule has 0 aromatic rings. The van der Waals surface area contributed by atoms with Crippen LogP contribution in [-0.4, -0.2) is 35.9 Å². The standard InChI is InChI=1S/C15H25NO2/c1-15(2,16-10-6-3-4-7-11-16)14(17)13-9-5-8-12-18-13/h9H,3-8,10-12H2,1-2H3. The normalized spacial score (nSPS) is 22.9. The summed E-state index contributed by atoms with van der Waals surface area (Å²) in [5.41, 5.74) is -0.423. The van der Waals surface area contributed by atoms with Crippen LogP contribution in [0.3, 0.4) is 0 Å². The van der Waals surface area contributed by atoms with Gasteiger partial charge >= 0.3 is 0 Å². The minimum atomic E-state index is -0.423. The molecule has 0 aliphatic carbocycles. The van der Waals surface area contributed by atoms with E-state index in [1.807, 2.05) is 19.9 Å². The van der Waals surface area contributed by atoms with E-state index in [1.54, 1.807) is 0 Å². The van der Waals surface area contributed by atoms with E-state index in [4.69, 9.17) is 4.74 Å². The topological polar surface area (TPSA) is 29.5 Å². The molecule has 0 bridgehead atoms. The molecule has 3 nitrogen and oxygen atoms in total. The summed E-state index contributed by atoms with van der Waals surface area (Å²) in [5.74, 6) is 0.750. The Hall–Kier alpha value is -0.830. The van der Waals surface area contributed by atoms with Gasteiger partial charge in [0, 0.05) is 0 Å². The molecule has 0 atom stereocenters. The molecule has 102 valence electrons. The highest BCUT2D eigenvalue weighted by Crippen LogP contribution is 2.25. The Morgan fingerprint density at radius 1 is 1.17 bits per heavy atom. The summed E-state index contributed by atoms with van der Waals surface area (Å²) in [4.78, 5) is 14.9. The molecule has 2 rings (SSSR count). The van der Waals surface area contributed by atoms with Crippen molar-refractivity contribution >= 4 is 5.78 Å². The zero-order valence-electron chi connectivity index (χ0n) is 11.7. The molecule has 0 aromatic carbocycles. The number of allylic oxidation sites excluding steroid dienone is 1. The lowest BCUT2D eigenvalue weighted by atomic mass is 9.93. The van der Waals surface area contributed by atoms with Crippen molar-refractivity contribution in [2.24, 2.45) is 0 Å². The number of nitrogens with zero attached hydrogens (tertiary/aromatic N) is 1. The average Bonchev–Trinajstić information content (AvgIpc) is 2.68. The summed E-state index contributed by atoms with van der Waals surface area (Å²) in [6.07, 6.45) is 8.96. The molecule has 1 saturated heterocycles. The van der Waals surface area contributed by atoms with Gasteiger partial charge in [0.05, 0.1) is 12.1 Å². The Balaban J connectivity index is 2.08. The first kappa shape index (κ1) is 13.6. The van der Waals surface area contributed by atoms with Crippen LogP contribution < -0.4 is 0 Å². The first-order valence-corrected chi connectivity index (χ1v) is 7.25. The van der Waals surface area contributed by atoms with Gasteiger partial charge < -0.3 is 4.74 Å². The van der Waals surface area contributed by atoms with E-state index in [0.29, 0.717) is 12.4 Å². The van der Waals surface area contributed by atoms with E-state index in [9.17, 15) is 4.79 Å². The zero-order valence-corrected chi connectivity index (χ0v) is 11.7. The number of carbonyl (C=O) groups is 1. The van der Waals surface area contributed by atoms with Crippen LogP contribution in [0.2, 0.25) is 0 Å². The Labute approximate surface area is 110 Å². The monoisotopic (exact) mass is 251 g/mol. The second kappa shape index (κ2) is 5.87. The van der Waals surface area contributed by atoms with Crippen molar-refractivity contribution in [1.82, 2.24) is 4.90 Å². The summed E-state index contributed by atoms with van der Waals surface area (Å²) in [5, 5.41) is 0. The quantitative estimate of drug-likeness (QED) is 0.772. The van der Waals surface area contributed by atoms with E-state index in [1.165, 1.54) is 25.7 Å². The lowest BCUT2D eigenvalue weighted by Crippen LogP contribution is -2.51. The van der Waals surface area contributed by atoms with Gasteiger partial charge in [0.15, 0.2) is 5.76 Å². The fourth-order valence-corrected chi connectivity index (χ4v) is 2.79. The Morgan fingerprint density at radius 3 is 2.39 bits per heavy atom. The molecule has 0 aromatic heterocycles. The third-order valence-corrected chi connectivity index (χ3v) is 4.11. The van der Waals surface area contributed by atoms with E-state index in [0.717, 1.165) is 25.9 Å². The molecule has 3 heteroatoms. The van der Waals surface area contributed by atoms with Crippen LogP contribution in [0.1, 0.15) is 52.4 Å². The zero-order chi connectivity index (χ0) is 13.0. The van der Waals surface area contributed by atoms with Crippen molar-refractivity contribution < 1.29 is 9.53 Å². The lowest BCUT2D eigenvalue weighted by molar-refractivity contribution is -0.129. The average molecular weight is 251 g/mol. The Morgan fingerprint density at radius 2 is 1.83 bits per heavy atom. The van der Waals surface area contributed by atoms with Crippen molar-refractivity contribution in [3.05, 3.63) is 11.8 Å². The van der Waals surface area contributed by atoms with Crippen molar-refractivity contribution in [2.45, 2.75) is 57.9 Å². The molecule has 2 aliphatic heterocycles. The first-order chi connectivity index (χ1) is 8.62. The van der Waals surface area contributed by atoms with Gasteiger partial charge in [0.1, 0.15) is 0 Å². The highest BCUT2D eigenvalue weighted by molar-refractivity contribution is 6.00. The maximum atomic E-state index is 12.6. The Bertz CT molecular complexity index is 325. The third kappa shape index (κ3) is 2.94. The largest absolute Gasteiger partial charge is 0.490 e. The molecule has 0 unspecified atom stereocenters. The molecule has 2 aliphatic rings. The molecule has 0 N–H and O–H groups in total. The molecule has 0 saturated carbocycles. The number of hydrogen-bond donors (Lipinski definition) is 0. The fraction of sp³-hybridized carbons (Fsp3) is 0.800. The van der Waals surface area contributed by atoms with Crippen LogP contribution in [0.25, 0.3) is 0 Å². The summed E-state index contributed by atoms with van der Waals surface area (Å²) in [7, 11) is 0. The number of carbonyl (C=O) groups excluding carboxylic acids is 1. The molecule has 0 amide bonds. The van der Waals surface area contributed by atoms with Gasteiger partial charge in [0.25, 0.3) is 0 Å². The number of rotatable bonds is 3. The van der Waals surface area contributed by atoms with Crippen LogP contribution in [-0.2, 0) is 9.53 Å². The first-order valence-electron chi connectivity index (χ1n) is 7.25. The lowest BCUT2D eigenvalue weighted by Gasteiger charge is -2.37. The second-order valence-corrected chi connectivity index (χ2v) is 5.85. The van der Waals surface area contributed by atoms with Crippen molar-refractivity contribution in [3.8, 4) is 0 Å². The predicted molar refractivity (Wildman–Crippen MR) is 72.4 cm³/mol. The van der Waals surface area contributed by atoms with E-state index in [2.05, 4.69) is 4.90 Å². The maximum absolute atomic E-state index is 12.6. The second-order valence-electron chi connectivity index (χ2n) is 5.85. The molecular formula is C15H25NO2. The van der Waals surface area contributed by atoms with Crippen LogP contribution in [0.5, 0.6) is 0 Å². The number of hydrogen-bond acceptors (Lipinski definition) is 3. The van der Waals surface area contributed by atoms with Crippen molar-refractivity contribution in [1.29, 1.82) is 0 Å². The van der Waals surface area contributed by atoms with E-state index < -0.39 is 5.54 Å². The van der Waals surface area contributed by atoms with Gasteiger partial charge in [-0.2, -0.15) is 0 Å². The highest BCUT2D eigenvalue weighted by Gasteiger charge is 2.37. The van der Waals surface area contributed by atoms with Gasteiger partial charge in [0.2, 0.25) is 5.78 Å². The minimum Gasteiger partial charge on any atom is -0.490 e. The SMILES string of the molecule is CC(C)(C(=O)C1=CCCCO1)N1CCCCCC1. The van der Waals surface area contributed by atoms with Crippen molar-refractivity contribution in [3.63, 3.8) is 0 Å². The summed E-state index contributed by atoms with van der Waals surface area (Å²) in [6, 6.07) is 0. The molecule has 0 radical (unpaired) electrons. The minimum absolute atomic E-state index is 0.157. The Kier molecular flexibility index (Phi) is 4.44. The molecule has 2 heterocycles. The smallest absolute Gasteiger partial charge is 0.216 e. The highest BCUT2D eigenvalue weighted by atomic mass is 16.5. The van der Waals surface area contributed by atoms with Gasteiger partial charge in [-0.3, -0.25) is 9.69 Å². The van der Waals surface area contributed by atoms with E-state index in [-0.39, 0.29) is 5.78 Å². The number of ether oxygens (including phenoxy) is 1. The molecular weight excluding hydrogens is 226 g/mol. The fourth-order valence-electron chi connectivity index (χ4n) is 2.79. The van der Waals surface area contributed by atoms with Crippen molar-refractivity contribution in [2.75, 3.05) is 19.7 Å². The number of likely N-dealkylation sites (tertiary alicyclic amines) is 1. The summed E-state index contributed by atoms with van der Waals surface area (Å²) in [6.45, 7) is 6.84. The molecule has 1 fully saturated rings. The summed E-state index contributed by atoms with van der Waals surface area (Å²) >= 11 is 0. The molecule has 0 spiro atoms. The molecule has 18 heavy (non-hydrogen) atoms. The predicted octanol–water partition coefficient (Wildman–Crippen LogP) is 2.90. The van der Waals surface area contributed by atoms with Crippen LogP contribution in [0, 0.1) is 0 Å². The van der Waals surface area contributed by atoms with Crippen LogP contribution in [0.15, 0.2) is 11.8 Å².